The lowest BCUT2D eigenvalue weighted by molar-refractivity contribution is -0.0676. The van der Waals surface area contributed by atoms with Gasteiger partial charge in [0.25, 0.3) is 0 Å². The molecule has 0 aliphatic rings. The molecule has 0 saturated carbocycles. The van der Waals surface area contributed by atoms with Crippen LogP contribution in [0.1, 0.15) is 25.5 Å². The Kier molecular flexibility index (Phi) is 6.28. The maximum atomic E-state index is 14.3. The van der Waals surface area contributed by atoms with Gasteiger partial charge in [0.1, 0.15) is 0 Å². The molecule has 114 valence electrons. The van der Waals surface area contributed by atoms with Gasteiger partial charge in [-0.25, -0.2) is 0 Å². The smallest absolute Gasteiger partial charge is 0.381 e. The van der Waals surface area contributed by atoms with Gasteiger partial charge >= 0.3 is 13.3 Å². The Morgan fingerprint density at radius 2 is 1.90 bits per heavy atom. The van der Waals surface area contributed by atoms with Crippen molar-refractivity contribution < 1.29 is 27.5 Å². The summed E-state index contributed by atoms with van der Waals surface area (Å²) in [5, 5.41) is 9.86. The molecule has 0 radical (unpaired) electrons. The van der Waals surface area contributed by atoms with E-state index >= 15 is 0 Å². The number of rotatable bonds is 7. The van der Waals surface area contributed by atoms with E-state index in [2.05, 4.69) is 25.0 Å². The van der Waals surface area contributed by atoms with Gasteiger partial charge in [-0.3, -0.25) is 4.57 Å². The molecule has 1 N–H and O–H groups in total. The second kappa shape index (κ2) is 7.09. The summed E-state index contributed by atoms with van der Waals surface area (Å²) in [4.78, 5) is 0. The number of alkyl halides is 2. The maximum absolute atomic E-state index is 14.3. The van der Waals surface area contributed by atoms with Gasteiger partial charge in [-0.1, -0.05) is 28.1 Å². The third-order valence-electron chi connectivity index (χ3n) is 2.46. The van der Waals surface area contributed by atoms with Gasteiger partial charge in [0, 0.05) is 4.47 Å². The van der Waals surface area contributed by atoms with Crippen LogP contribution < -0.4 is 0 Å². The van der Waals surface area contributed by atoms with Crippen LogP contribution in [0.3, 0.4) is 0 Å². The van der Waals surface area contributed by atoms with E-state index < -0.39 is 19.4 Å². The van der Waals surface area contributed by atoms with Crippen molar-refractivity contribution >= 4 is 23.5 Å². The minimum absolute atomic E-state index is 0.0796. The Morgan fingerprint density at radius 3 is 2.35 bits per heavy atom. The zero-order chi connectivity index (χ0) is 15.4. The van der Waals surface area contributed by atoms with Crippen molar-refractivity contribution in [3.63, 3.8) is 0 Å². The highest BCUT2D eigenvalue weighted by Gasteiger charge is 2.59. The highest BCUT2D eigenvalue weighted by Crippen LogP contribution is 2.66. The fourth-order valence-electron chi connectivity index (χ4n) is 1.58. The topological polar surface area (TPSA) is 55.8 Å². The molecule has 1 aromatic carbocycles. The number of hydrogen-bond donors (Lipinski definition) is 1. The van der Waals surface area contributed by atoms with E-state index in [0.29, 0.717) is 4.47 Å². The van der Waals surface area contributed by atoms with E-state index in [-0.39, 0.29) is 18.8 Å². The first-order chi connectivity index (χ1) is 9.28. The van der Waals surface area contributed by atoms with Crippen LogP contribution in [0.2, 0.25) is 0 Å². The third-order valence-corrected chi connectivity index (χ3v) is 5.12. The second-order valence-corrected chi connectivity index (χ2v) is 6.90. The first-order valence-corrected chi connectivity index (χ1v) is 8.32. The van der Waals surface area contributed by atoms with Crippen LogP contribution in [0.4, 0.5) is 8.78 Å². The summed E-state index contributed by atoms with van der Waals surface area (Å²) in [6, 6.07) is 5.75. The van der Waals surface area contributed by atoms with Gasteiger partial charge in [-0.05, 0) is 31.5 Å². The molecule has 0 aliphatic carbocycles. The van der Waals surface area contributed by atoms with Crippen LogP contribution in [0.15, 0.2) is 28.7 Å². The molecule has 0 saturated heterocycles. The quantitative estimate of drug-likeness (QED) is 0.723. The highest BCUT2D eigenvalue weighted by atomic mass is 79.9. The van der Waals surface area contributed by atoms with Gasteiger partial charge in [-0.2, -0.15) is 8.78 Å². The Hall–Kier alpha value is -0.330. The minimum Gasteiger partial charge on any atom is -0.381 e. The van der Waals surface area contributed by atoms with Crippen LogP contribution in [-0.2, 0) is 13.6 Å². The predicted molar refractivity (Wildman–Crippen MR) is 74.9 cm³/mol. The lowest BCUT2D eigenvalue weighted by Crippen LogP contribution is -2.28. The summed E-state index contributed by atoms with van der Waals surface area (Å²) in [5.74, 6) is 0. The average molecular weight is 373 g/mol. The SMILES string of the molecule is CCOP(=O)(OCC)C(F)(F)[C@H](O)c1cccc(Br)c1. The number of benzene rings is 1. The third kappa shape index (κ3) is 3.65. The van der Waals surface area contributed by atoms with Crippen molar-refractivity contribution in [3.8, 4) is 0 Å². The van der Waals surface area contributed by atoms with E-state index in [9.17, 15) is 18.5 Å². The first kappa shape index (κ1) is 17.7. The predicted octanol–water partition coefficient (Wildman–Crippen LogP) is 4.34. The lowest BCUT2D eigenvalue weighted by atomic mass is 10.1. The molecule has 0 spiro atoms. The van der Waals surface area contributed by atoms with E-state index in [1.54, 1.807) is 6.07 Å². The molecule has 0 aliphatic heterocycles. The largest absolute Gasteiger partial charge is 0.402 e. The van der Waals surface area contributed by atoms with Crippen LogP contribution in [0, 0.1) is 0 Å². The molecule has 0 heterocycles. The minimum atomic E-state index is -4.76. The molecule has 8 heteroatoms. The number of halogens is 3. The van der Waals surface area contributed by atoms with Crippen molar-refractivity contribution in [1.29, 1.82) is 0 Å². The monoisotopic (exact) mass is 372 g/mol. The van der Waals surface area contributed by atoms with Crippen molar-refractivity contribution in [2.45, 2.75) is 25.6 Å². The summed E-state index contributed by atoms with van der Waals surface area (Å²) in [5.41, 5.74) is -4.12. The Morgan fingerprint density at radius 1 is 1.35 bits per heavy atom. The fourth-order valence-corrected chi connectivity index (χ4v) is 3.54. The first-order valence-electron chi connectivity index (χ1n) is 5.99. The van der Waals surface area contributed by atoms with Gasteiger partial charge in [0.2, 0.25) is 0 Å². The van der Waals surface area contributed by atoms with Crippen LogP contribution in [0.5, 0.6) is 0 Å². The lowest BCUT2D eigenvalue weighted by Gasteiger charge is -2.29. The molecule has 1 aromatic rings. The standard InChI is InChI=1S/C12H16BrF2O4P/c1-3-18-20(17,19-4-2)12(14,15)11(16)9-6-5-7-10(13)8-9/h5-8,11,16H,3-4H2,1-2H3/t11-/m1/s1. The molecule has 1 atom stereocenters. The van der Waals surface area contributed by atoms with Crippen molar-refractivity contribution in [2.75, 3.05) is 13.2 Å². The van der Waals surface area contributed by atoms with Gasteiger partial charge in [0.15, 0.2) is 6.10 Å². The van der Waals surface area contributed by atoms with E-state index in [4.69, 9.17) is 0 Å². The van der Waals surface area contributed by atoms with Crippen molar-refractivity contribution in [3.05, 3.63) is 34.3 Å². The Balaban J connectivity index is 3.15. The zero-order valence-electron chi connectivity index (χ0n) is 11.1. The number of aliphatic hydroxyl groups is 1. The summed E-state index contributed by atoms with van der Waals surface area (Å²) >= 11 is 3.12. The maximum Gasteiger partial charge on any atom is 0.402 e. The molecule has 0 unspecified atom stereocenters. The summed E-state index contributed by atoms with van der Waals surface area (Å²) in [6.45, 7) is 2.43. The molecule has 0 fully saturated rings. The molecule has 0 aromatic heterocycles. The van der Waals surface area contributed by atoms with E-state index in [1.165, 1.54) is 32.0 Å². The molecular weight excluding hydrogens is 357 g/mol. The van der Waals surface area contributed by atoms with Crippen molar-refractivity contribution in [1.82, 2.24) is 0 Å². The number of hydrogen-bond acceptors (Lipinski definition) is 4. The van der Waals surface area contributed by atoms with Gasteiger partial charge < -0.3 is 14.2 Å². The summed E-state index contributed by atoms with van der Waals surface area (Å²) in [7, 11) is -4.76. The Labute approximate surface area is 124 Å². The second-order valence-electron chi connectivity index (χ2n) is 3.88. The van der Waals surface area contributed by atoms with Gasteiger partial charge in [-0.15, -0.1) is 0 Å². The average Bonchev–Trinajstić information content (AvgIpc) is 2.38. The molecule has 4 nitrogen and oxygen atoms in total. The van der Waals surface area contributed by atoms with Crippen molar-refractivity contribution in [2.24, 2.45) is 0 Å². The highest BCUT2D eigenvalue weighted by molar-refractivity contribution is 9.10. The molecule has 20 heavy (non-hydrogen) atoms. The molecule has 0 amide bonds. The van der Waals surface area contributed by atoms with Crippen LogP contribution in [0.25, 0.3) is 0 Å². The van der Waals surface area contributed by atoms with Crippen LogP contribution in [-0.4, -0.2) is 24.0 Å². The molecular formula is C12H16BrF2O4P. The summed E-state index contributed by atoms with van der Waals surface area (Å²) in [6.07, 6.45) is -2.29. The normalized spacial score (nSPS) is 14.3. The number of aliphatic hydroxyl groups excluding tert-OH is 1. The summed E-state index contributed by atoms with van der Waals surface area (Å²) < 4.78 is 50.5. The van der Waals surface area contributed by atoms with Crippen LogP contribution >= 0.6 is 23.5 Å². The zero-order valence-corrected chi connectivity index (χ0v) is 13.5. The van der Waals surface area contributed by atoms with E-state index in [0.717, 1.165) is 0 Å². The Bertz CT molecular complexity index is 488. The molecule has 1 rings (SSSR count). The van der Waals surface area contributed by atoms with Gasteiger partial charge in [0.05, 0.1) is 13.2 Å². The molecule has 0 bridgehead atoms. The fraction of sp³-hybridized carbons (Fsp3) is 0.500. The van der Waals surface area contributed by atoms with E-state index in [1.807, 2.05) is 0 Å².